The van der Waals surface area contributed by atoms with Crippen LogP contribution in [-0.2, 0) is 0 Å². The normalized spacial score (nSPS) is 26.6. The molecule has 1 saturated carbocycles. The number of amidine groups is 1. The molecule has 0 bridgehead atoms. The Hall–Kier alpha value is -1.78. The van der Waals surface area contributed by atoms with Gasteiger partial charge < -0.3 is 15.8 Å². The Bertz CT molecular complexity index is 532. The average molecular weight is 277 g/mol. The third-order valence-electron chi connectivity index (χ3n) is 4.68. The summed E-state index contributed by atoms with van der Waals surface area (Å²) in [5.74, 6) is 0.113. The van der Waals surface area contributed by atoms with Gasteiger partial charge in [0.25, 0.3) is 0 Å². The van der Waals surface area contributed by atoms with E-state index in [1.165, 1.54) is 25.3 Å². The molecule has 1 heterocycles. The molecule has 0 amide bonds. The summed E-state index contributed by atoms with van der Waals surface area (Å²) in [6.07, 6.45) is 6.08. The molecule has 1 saturated heterocycles. The van der Waals surface area contributed by atoms with Crippen LogP contribution in [0.2, 0.25) is 0 Å². The van der Waals surface area contributed by atoms with E-state index >= 15 is 0 Å². The summed E-state index contributed by atoms with van der Waals surface area (Å²) >= 11 is 0. The molecule has 2 atom stereocenters. The van der Waals surface area contributed by atoms with Crippen LogP contribution in [0.25, 0.3) is 0 Å². The van der Waals surface area contributed by atoms with Crippen molar-refractivity contribution in [2.24, 2.45) is 16.8 Å². The van der Waals surface area contributed by atoms with Gasteiger partial charge in [-0.25, -0.2) is 4.39 Å². The fourth-order valence-corrected chi connectivity index (χ4v) is 3.76. The summed E-state index contributed by atoms with van der Waals surface area (Å²) in [5.41, 5.74) is 6.65. The topological polar surface area (TPSA) is 61.9 Å². The summed E-state index contributed by atoms with van der Waals surface area (Å²) in [5, 5.41) is 11.9. The zero-order chi connectivity index (χ0) is 14.1. The minimum atomic E-state index is -0.433. The van der Waals surface area contributed by atoms with E-state index in [9.17, 15) is 4.39 Å². The molecular formula is C15H20FN3O. The molecule has 0 spiro atoms. The summed E-state index contributed by atoms with van der Waals surface area (Å²) in [6, 6.07) is 5.38. The van der Waals surface area contributed by atoms with E-state index in [0.717, 1.165) is 25.1 Å². The van der Waals surface area contributed by atoms with E-state index in [0.29, 0.717) is 12.0 Å². The number of oxime groups is 1. The monoisotopic (exact) mass is 277 g/mol. The summed E-state index contributed by atoms with van der Waals surface area (Å²) in [7, 11) is 0. The van der Waals surface area contributed by atoms with Gasteiger partial charge in [0, 0.05) is 12.6 Å². The van der Waals surface area contributed by atoms with Gasteiger partial charge in [0.15, 0.2) is 5.84 Å². The van der Waals surface area contributed by atoms with E-state index in [1.807, 2.05) is 6.07 Å². The molecule has 3 rings (SSSR count). The van der Waals surface area contributed by atoms with E-state index in [1.54, 1.807) is 6.07 Å². The van der Waals surface area contributed by atoms with Crippen molar-refractivity contribution < 1.29 is 9.60 Å². The minimum Gasteiger partial charge on any atom is -0.409 e. The van der Waals surface area contributed by atoms with Gasteiger partial charge in [0.05, 0.1) is 11.3 Å². The minimum absolute atomic E-state index is 0.155. The molecule has 1 aliphatic carbocycles. The molecule has 2 unspecified atom stereocenters. The molecular weight excluding hydrogens is 257 g/mol. The molecule has 20 heavy (non-hydrogen) atoms. The summed E-state index contributed by atoms with van der Waals surface area (Å²) in [6.45, 7) is 0.921. The van der Waals surface area contributed by atoms with Crippen molar-refractivity contribution in [2.45, 2.75) is 38.1 Å². The number of anilines is 1. The standard InChI is InChI=1S/C15H20FN3O/c16-11-5-3-7-13(14(11)15(17)18-20)19-9-8-10-4-1-2-6-12(10)19/h3,5,7,10,12,20H,1-2,4,6,8-9H2,(H2,17,18). The zero-order valence-corrected chi connectivity index (χ0v) is 11.4. The predicted molar refractivity (Wildman–Crippen MR) is 76.6 cm³/mol. The largest absolute Gasteiger partial charge is 0.409 e. The van der Waals surface area contributed by atoms with Crippen molar-refractivity contribution in [3.8, 4) is 0 Å². The van der Waals surface area contributed by atoms with Crippen molar-refractivity contribution >= 4 is 11.5 Å². The van der Waals surface area contributed by atoms with Crippen LogP contribution in [0.1, 0.15) is 37.7 Å². The third-order valence-corrected chi connectivity index (χ3v) is 4.68. The molecule has 108 valence electrons. The number of halogens is 1. The quantitative estimate of drug-likeness (QED) is 0.378. The van der Waals surface area contributed by atoms with Crippen molar-refractivity contribution in [3.63, 3.8) is 0 Å². The zero-order valence-electron chi connectivity index (χ0n) is 11.4. The summed E-state index contributed by atoms with van der Waals surface area (Å²) < 4.78 is 14.1. The highest BCUT2D eigenvalue weighted by atomic mass is 19.1. The lowest BCUT2D eigenvalue weighted by Crippen LogP contribution is -2.36. The van der Waals surface area contributed by atoms with E-state index in [-0.39, 0.29) is 11.4 Å². The second kappa shape index (κ2) is 5.31. The molecule has 4 nitrogen and oxygen atoms in total. The maximum absolute atomic E-state index is 14.1. The van der Waals surface area contributed by atoms with Crippen molar-refractivity contribution in [2.75, 3.05) is 11.4 Å². The Kier molecular flexibility index (Phi) is 3.51. The predicted octanol–water partition coefficient (Wildman–Crippen LogP) is 2.69. The summed E-state index contributed by atoms with van der Waals surface area (Å²) in [4.78, 5) is 2.25. The van der Waals surface area contributed by atoms with Gasteiger partial charge in [-0.15, -0.1) is 0 Å². The number of nitrogens with zero attached hydrogens (tertiary/aromatic N) is 2. The molecule has 2 fully saturated rings. The average Bonchev–Trinajstić information content (AvgIpc) is 2.90. The molecule has 0 radical (unpaired) electrons. The van der Waals surface area contributed by atoms with Crippen LogP contribution in [0.15, 0.2) is 23.4 Å². The van der Waals surface area contributed by atoms with Crippen LogP contribution in [0, 0.1) is 11.7 Å². The Balaban J connectivity index is 2.00. The van der Waals surface area contributed by atoms with Crippen molar-refractivity contribution in [1.82, 2.24) is 0 Å². The number of hydrogen-bond acceptors (Lipinski definition) is 3. The first-order valence-corrected chi connectivity index (χ1v) is 7.25. The Labute approximate surface area is 118 Å². The van der Waals surface area contributed by atoms with Gasteiger partial charge in [-0.3, -0.25) is 0 Å². The fraction of sp³-hybridized carbons (Fsp3) is 0.533. The SMILES string of the molecule is N/C(=N/O)c1c(F)cccc1N1CCC2CCCCC21. The molecule has 1 aromatic rings. The maximum atomic E-state index is 14.1. The lowest BCUT2D eigenvalue weighted by Gasteiger charge is -2.34. The van der Waals surface area contributed by atoms with Crippen molar-refractivity contribution in [1.29, 1.82) is 0 Å². The highest BCUT2D eigenvalue weighted by Crippen LogP contribution is 2.40. The van der Waals surface area contributed by atoms with Gasteiger partial charge in [0.1, 0.15) is 5.82 Å². The molecule has 5 heteroatoms. The molecule has 3 N–H and O–H groups in total. The maximum Gasteiger partial charge on any atom is 0.175 e. The van der Waals surface area contributed by atoms with Crippen LogP contribution >= 0.6 is 0 Å². The highest BCUT2D eigenvalue weighted by Gasteiger charge is 2.37. The van der Waals surface area contributed by atoms with Crippen LogP contribution in [-0.4, -0.2) is 23.6 Å². The highest BCUT2D eigenvalue weighted by molar-refractivity contribution is 6.02. The Morgan fingerprint density at radius 3 is 2.90 bits per heavy atom. The van der Waals surface area contributed by atoms with Crippen LogP contribution in [0.3, 0.4) is 0 Å². The van der Waals surface area contributed by atoms with Crippen molar-refractivity contribution in [3.05, 3.63) is 29.6 Å². The lowest BCUT2D eigenvalue weighted by molar-refractivity contribution is 0.318. The molecule has 1 aliphatic heterocycles. The van der Waals surface area contributed by atoms with Crippen LogP contribution in [0.5, 0.6) is 0 Å². The first kappa shape index (κ1) is 13.2. The lowest BCUT2D eigenvalue weighted by atomic mass is 9.85. The number of hydrogen-bond donors (Lipinski definition) is 2. The molecule has 0 aromatic heterocycles. The van der Waals surface area contributed by atoms with E-state index < -0.39 is 5.82 Å². The second-order valence-electron chi connectivity index (χ2n) is 5.71. The number of rotatable bonds is 2. The van der Waals surface area contributed by atoms with Crippen LogP contribution in [0.4, 0.5) is 10.1 Å². The third kappa shape index (κ3) is 2.11. The van der Waals surface area contributed by atoms with Gasteiger partial charge in [-0.2, -0.15) is 0 Å². The Morgan fingerprint density at radius 2 is 2.10 bits per heavy atom. The number of nitrogens with two attached hydrogens (primary N) is 1. The van der Waals surface area contributed by atoms with Gasteiger partial charge in [-0.05, 0) is 37.3 Å². The van der Waals surface area contributed by atoms with E-state index in [2.05, 4.69) is 10.1 Å². The van der Waals surface area contributed by atoms with E-state index in [4.69, 9.17) is 10.9 Å². The first-order chi connectivity index (χ1) is 9.72. The van der Waals surface area contributed by atoms with Gasteiger partial charge >= 0.3 is 0 Å². The van der Waals surface area contributed by atoms with Crippen LogP contribution < -0.4 is 10.6 Å². The molecule has 1 aromatic carbocycles. The number of fused-ring (bicyclic) bond motifs is 1. The smallest absolute Gasteiger partial charge is 0.175 e. The Morgan fingerprint density at radius 1 is 1.30 bits per heavy atom. The fourth-order valence-electron chi connectivity index (χ4n) is 3.76. The molecule has 2 aliphatic rings. The second-order valence-corrected chi connectivity index (χ2v) is 5.71. The van der Waals surface area contributed by atoms with Gasteiger partial charge in [0.2, 0.25) is 0 Å². The van der Waals surface area contributed by atoms with Gasteiger partial charge in [-0.1, -0.05) is 24.1 Å². The number of benzene rings is 1. The first-order valence-electron chi connectivity index (χ1n) is 7.25.